The van der Waals surface area contributed by atoms with Crippen LogP contribution in [0.3, 0.4) is 0 Å². The molecule has 3 aromatic carbocycles. The number of nitrogens with one attached hydrogen (secondary N) is 2. The van der Waals surface area contributed by atoms with Crippen molar-refractivity contribution in [3.8, 4) is 17.1 Å². The summed E-state index contributed by atoms with van der Waals surface area (Å²) in [6.07, 6.45) is 4.35. The van der Waals surface area contributed by atoms with Gasteiger partial charge in [-0.2, -0.15) is 9.90 Å². The van der Waals surface area contributed by atoms with Crippen molar-refractivity contribution in [3.05, 3.63) is 114 Å². The summed E-state index contributed by atoms with van der Waals surface area (Å²) in [6.45, 7) is 0.416. The van der Waals surface area contributed by atoms with Crippen molar-refractivity contribution in [2.24, 2.45) is 0 Å². The summed E-state index contributed by atoms with van der Waals surface area (Å²) < 4.78 is 1.76. The minimum absolute atomic E-state index is 0.218. The molecule has 10 heteroatoms. The number of hydrogen-bond donors (Lipinski definition) is 2. The van der Waals surface area contributed by atoms with Gasteiger partial charge in [0.1, 0.15) is 0 Å². The van der Waals surface area contributed by atoms with E-state index in [1.165, 1.54) is 4.80 Å². The number of rotatable bonds is 8. The number of carbonyl (C=O) groups is 2. The van der Waals surface area contributed by atoms with Gasteiger partial charge in [-0.05, 0) is 47.0 Å². The molecule has 184 valence electrons. The predicted molar refractivity (Wildman–Crippen MR) is 136 cm³/mol. The summed E-state index contributed by atoms with van der Waals surface area (Å²) >= 11 is 0. The van der Waals surface area contributed by atoms with Gasteiger partial charge in [-0.15, -0.1) is 10.2 Å². The molecular weight excluding hydrogens is 468 g/mol. The standard InChI is InChI=1S/C27H24N8O2/c36-25(16-13-21-17-28-34(18-21)24-9-5-2-6-10-24)29-31-27(37)23-14-11-20(12-15-23)19-35-32-26(30-33-35)22-7-3-1-4-8-22/h1-12,14-15,17-18H,13,16,19H2,(H,29,36)(H,31,37). The fourth-order valence-corrected chi connectivity index (χ4v) is 3.67. The maximum atomic E-state index is 12.4. The van der Waals surface area contributed by atoms with Gasteiger partial charge in [-0.25, -0.2) is 4.68 Å². The van der Waals surface area contributed by atoms with Crippen molar-refractivity contribution in [2.75, 3.05) is 0 Å². The predicted octanol–water partition coefficient (Wildman–Crippen LogP) is 2.97. The van der Waals surface area contributed by atoms with Crippen molar-refractivity contribution >= 4 is 11.8 Å². The van der Waals surface area contributed by atoms with Gasteiger partial charge in [-0.3, -0.25) is 20.4 Å². The van der Waals surface area contributed by atoms with E-state index in [4.69, 9.17) is 0 Å². The molecule has 2 heterocycles. The van der Waals surface area contributed by atoms with Crippen LogP contribution >= 0.6 is 0 Å². The second-order valence-electron chi connectivity index (χ2n) is 8.34. The van der Waals surface area contributed by atoms with Crippen LogP contribution in [-0.2, 0) is 17.8 Å². The van der Waals surface area contributed by atoms with Crippen LogP contribution in [0.5, 0.6) is 0 Å². The third-order valence-electron chi connectivity index (χ3n) is 5.64. The van der Waals surface area contributed by atoms with E-state index < -0.39 is 5.91 Å². The monoisotopic (exact) mass is 492 g/mol. The first-order valence-electron chi connectivity index (χ1n) is 11.7. The average molecular weight is 493 g/mol. The van der Waals surface area contributed by atoms with E-state index >= 15 is 0 Å². The Kier molecular flexibility index (Phi) is 7.07. The van der Waals surface area contributed by atoms with E-state index in [2.05, 4.69) is 31.4 Å². The molecule has 0 unspecified atom stereocenters. The number of hydrogen-bond acceptors (Lipinski definition) is 6. The number of amides is 2. The summed E-state index contributed by atoms with van der Waals surface area (Å²) in [7, 11) is 0. The third kappa shape index (κ3) is 6.12. The van der Waals surface area contributed by atoms with E-state index in [1.807, 2.05) is 79.0 Å². The Morgan fingerprint density at radius 3 is 2.30 bits per heavy atom. The van der Waals surface area contributed by atoms with E-state index in [1.54, 1.807) is 23.0 Å². The van der Waals surface area contributed by atoms with Gasteiger partial charge in [0.05, 0.1) is 18.4 Å². The highest BCUT2D eigenvalue weighted by Crippen LogP contribution is 2.13. The molecule has 5 aromatic rings. The molecule has 0 fully saturated rings. The lowest BCUT2D eigenvalue weighted by molar-refractivity contribution is -0.121. The smallest absolute Gasteiger partial charge is 0.269 e. The van der Waals surface area contributed by atoms with Crippen LogP contribution in [0.2, 0.25) is 0 Å². The zero-order chi connectivity index (χ0) is 25.5. The molecule has 2 N–H and O–H groups in total. The number of aryl methyl sites for hydroxylation is 1. The maximum absolute atomic E-state index is 12.4. The number of aromatic nitrogens is 6. The lowest BCUT2D eigenvalue weighted by atomic mass is 10.1. The number of hydrazine groups is 1. The van der Waals surface area contributed by atoms with Gasteiger partial charge >= 0.3 is 0 Å². The normalized spacial score (nSPS) is 10.7. The average Bonchev–Trinajstić information content (AvgIpc) is 3.62. The quantitative estimate of drug-likeness (QED) is 0.322. The van der Waals surface area contributed by atoms with Crippen LogP contribution in [0.15, 0.2) is 97.3 Å². The highest BCUT2D eigenvalue weighted by Gasteiger charge is 2.10. The summed E-state index contributed by atoms with van der Waals surface area (Å²) in [4.78, 5) is 26.2. The van der Waals surface area contributed by atoms with Gasteiger partial charge in [0.25, 0.3) is 5.91 Å². The molecule has 0 aliphatic rings. The van der Waals surface area contributed by atoms with Crippen LogP contribution in [0.1, 0.15) is 27.9 Å². The molecule has 0 aliphatic carbocycles. The second-order valence-corrected chi connectivity index (χ2v) is 8.34. The Morgan fingerprint density at radius 1 is 0.811 bits per heavy atom. The van der Waals surface area contributed by atoms with Crippen LogP contribution in [0, 0.1) is 0 Å². The molecular formula is C27H24N8O2. The largest absolute Gasteiger partial charge is 0.273 e. The number of para-hydroxylation sites is 1. The van der Waals surface area contributed by atoms with Gasteiger partial charge in [0.15, 0.2) is 0 Å². The Bertz CT molecular complexity index is 1480. The zero-order valence-corrected chi connectivity index (χ0v) is 19.9. The SMILES string of the molecule is O=C(CCc1cnn(-c2ccccc2)c1)NNC(=O)c1ccc(Cn2nnc(-c3ccccc3)n2)cc1. The molecule has 5 rings (SSSR count). The first-order valence-corrected chi connectivity index (χ1v) is 11.7. The van der Waals surface area contributed by atoms with Gasteiger partial charge in [-0.1, -0.05) is 60.7 Å². The van der Waals surface area contributed by atoms with E-state index in [0.717, 1.165) is 22.4 Å². The second kappa shape index (κ2) is 11.1. The highest BCUT2D eigenvalue weighted by molar-refractivity contribution is 5.95. The molecule has 0 bridgehead atoms. The first-order chi connectivity index (χ1) is 18.1. The Morgan fingerprint density at radius 2 is 1.54 bits per heavy atom. The lowest BCUT2D eigenvalue weighted by Gasteiger charge is -2.08. The minimum atomic E-state index is -0.401. The number of benzene rings is 3. The molecule has 0 spiro atoms. The fourth-order valence-electron chi connectivity index (χ4n) is 3.67. The van der Waals surface area contributed by atoms with E-state index in [-0.39, 0.29) is 12.3 Å². The molecule has 0 radical (unpaired) electrons. The van der Waals surface area contributed by atoms with Crippen molar-refractivity contribution in [2.45, 2.75) is 19.4 Å². The molecule has 0 atom stereocenters. The van der Waals surface area contributed by atoms with Crippen molar-refractivity contribution in [1.29, 1.82) is 0 Å². The number of nitrogens with zero attached hydrogens (tertiary/aromatic N) is 6. The molecule has 2 aromatic heterocycles. The molecule has 2 amide bonds. The molecule has 37 heavy (non-hydrogen) atoms. The van der Waals surface area contributed by atoms with Crippen molar-refractivity contribution in [3.63, 3.8) is 0 Å². The number of carbonyl (C=O) groups excluding carboxylic acids is 2. The van der Waals surface area contributed by atoms with Crippen LogP contribution in [-0.4, -0.2) is 41.8 Å². The Balaban J connectivity index is 1.08. The maximum Gasteiger partial charge on any atom is 0.269 e. The van der Waals surface area contributed by atoms with Crippen molar-refractivity contribution in [1.82, 2.24) is 40.8 Å². The van der Waals surface area contributed by atoms with E-state index in [9.17, 15) is 9.59 Å². The topological polar surface area (TPSA) is 120 Å². The molecule has 0 saturated heterocycles. The molecule has 0 saturated carbocycles. The Hall–Kier alpha value is -5.12. The van der Waals surface area contributed by atoms with Gasteiger partial charge < -0.3 is 0 Å². The summed E-state index contributed by atoms with van der Waals surface area (Å²) in [6, 6.07) is 26.4. The van der Waals surface area contributed by atoms with Crippen LogP contribution in [0.4, 0.5) is 0 Å². The third-order valence-corrected chi connectivity index (χ3v) is 5.64. The van der Waals surface area contributed by atoms with Crippen molar-refractivity contribution < 1.29 is 9.59 Å². The molecule has 10 nitrogen and oxygen atoms in total. The fraction of sp³-hybridized carbons (Fsp3) is 0.111. The van der Waals surface area contributed by atoms with E-state index in [0.29, 0.717) is 24.4 Å². The summed E-state index contributed by atoms with van der Waals surface area (Å²) in [5.41, 5.74) is 9.03. The summed E-state index contributed by atoms with van der Waals surface area (Å²) in [5, 5.41) is 16.9. The summed E-state index contributed by atoms with van der Waals surface area (Å²) in [5.74, 6) is -0.136. The minimum Gasteiger partial charge on any atom is -0.273 e. The van der Waals surface area contributed by atoms with Gasteiger partial charge in [0, 0.05) is 23.7 Å². The first kappa shape index (κ1) is 23.6. The lowest BCUT2D eigenvalue weighted by Crippen LogP contribution is -2.41. The van der Waals surface area contributed by atoms with Crippen LogP contribution in [0.25, 0.3) is 17.1 Å². The number of tetrazole rings is 1. The Labute approximate surface area is 212 Å². The zero-order valence-electron chi connectivity index (χ0n) is 19.9. The van der Waals surface area contributed by atoms with Gasteiger partial charge in [0.2, 0.25) is 11.7 Å². The molecule has 0 aliphatic heterocycles. The highest BCUT2D eigenvalue weighted by atomic mass is 16.2. The van der Waals surface area contributed by atoms with Crippen LogP contribution < -0.4 is 10.9 Å².